The van der Waals surface area contributed by atoms with Crippen LogP contribution in [0, 0.1) is 0 Å². The maximum absolute atomic E-state index is 8.55. The molecule has 0 unspecified atom stereocenters. The average Bonchev–Trinajstić information content (AvgIpc) is 1.12. The third-order valence-corrected chi connectivity index (χ3v) is 0. The molecule has 0 rings (SSSR count). The summed E-state index contributed by atoms with van der Waals surface area (Å²) in [5.74, 6) is 0. The first-order valence-corrected chi connectivity index (χ1v) is 4.19. The summed E-state index contributed by atoms with van der Waals surface area (Å²) in [7, 11) is -10.6. The summed E-state index contributed by atoms with van der Waals surface area (Å²) >= 11 is 0. The molecule has 14 heteroatoms. The quantitative estimate of drug-likeness (QED) is 0.156. The van der Waals surface area contributed by atoms with E-state index in [1.807, 2.05) is 0 Å². The Labute approximate surface area is 139 Å². The van der Waals surface area contributed by atoms with E-state index < -0.39 is 18.2 Å². The predicted octanol–water partition coefficient (Wildman–Crippen LogP) is -4.17. The molecule has 0 bridgehead atoms. The van der Waals surface area contributed by atoms with Crippen LogP contribution in [0.4, 0.5) is 0 Å². The molecule has 0 saturated heterocycles. The van der Waals surface area contributed by atoms with Crippen molar-refractivity contribution in [2.45, 2.75) is 0 Å². The van der Waals surface area contributed by atoms with Crippen molar-refractivity contribution in [2.24, 2.45) is 0 Å². The van der Waals surface area contributed by atoms with E-state index in [-0.39, 0.29) is 86.0 Å². The van der Waals surface area contributed by atoms with E-state index in [4.69, 9.17) is 36.8 Å². The first kappa shape index (κ1) is 36.0. The Morgan fingerprint density at radius 2 is 1.00 bits per heavy atom. The Bertz CT molecular complexity index is 207. The summed E-state index contributed by atoms with van der Waals surface area (Å²) in [6.45, 7) is 0. The van der Waals surface area contributed by atoms with Crippen LogP contribution in [-0.2, 0) is 101 Å². The average molecular weight is 446 g/mol. The summed E-state index contributed by atoms with van der Waals surface area (Å²) in [6.07, 6.45) is 0. The van der Waals surface area contributed by atoms with Gasteiger partial charge in [0.2, 0.25) is 0 Å². The molecule has 0 aliphatic rings. The van der Waals surface area contributed by atoms with Gasteiger partial charge in [-0.1, -0.05) is 0 Å². The fourth-order valence-corrected chi connectivity index (χ4v) is 0. The van der Waals surface area contributed by atoms with E-state index >= 15 is 0 Å². The van der Waals surface area contributed by atoms with Gasteiger partial charge in [-0.3, -0.25) is 8.42 Å². The van der Waals surface area contributed by atoms with Gasteiger partial charge in [0.1, 0.15) is 0 Å². The number of hydrogen-bond acceptors (Lipinski definition) is 8. The molecule has 8 nitrogen and oxygen atoms in total. The molecule has 0 fully saturated rings. The normalized spacial score (nSPS) is 8.36. The Morgan fingerprint density at radius 1 is 1.00 bits per heavy atom. The Morgan fingerprint density at radius 3 is 1.00 bits per heavy atom. The van der Waals surface area contributed by atoms with Crippen molar-refractivity contribution in [2.75, 3.05) is 0 Å². The van der Waals surface area contributed by atoms with Crippen molar-refractivity contribution in [3.63, 3.8) is 0 Å². The Kier molecular flexibility index (Phi) is 40.5. The van der Waals surface area contributed by atoms with Gasteiger partial charge in [0.25, 0.3) is 0 Å². The van der Waals surface area contributed by atoms with Crippen molar-refractivity contribution >= 4 is 18.2 Å². The summed E-state index contributed by atoms with van der Waals surface area (Å²) in [4.78, 5) is 25.6. The molecule has 0 heterocycles. The summed E-state index contributed by atoms with van der Waals surface area (Å²) in [5.41, 5.74) is 0. The van der Waals surface area contributed by atoms with Gasteiger partial charge < -0.3 is 28.4 Å². The smallest absolute Gasteiger partial charge is 0.822 e. The topological polar surface area (TPSA) is 167 Å². The molecule has 69 valence electrons. The Balaban J connectivity index is -0.0000000178. The Hall–Kier alpha value is 2.79. The molecule has 0 aliphatic carbocycles. The van der Waals surface area contributed by atoms with Crippen LogP contribution in [0.3, 0.4) is 0 Å². The zero-order valence-corrected chi connectivity index (χ0v) is 16.4. The van der Waals surface area contributed by atoms with Gasteiger partial charge in [-0.2, -0.15) is 7.82 Å². The maximum atomic E-state index is 8.55. The minimum atomic E-state index is -5.39. The van der Waals surface area contributed by atoms with Gasteiger partial charge in [-0.25, -0.2) is 0 Å². The zero-order valence-electron chi connectivity index (χ0n) is 6.28. The molecule has 0 aromatic rings. The third-order valence-electron chi connectivity index (χ3n) is 0. The van der Waals surface area contributed by atoms with E-state index in [2.05, 4.69) is 0 Å². The molecule has 14 heavy (non-hydrogen) atoms. The largest absolute Gasteiger partial charge is 4.00 e. The molecular weight excluding hydrogens is 446 g/mol. The van der Waals surface area contributed by atoms with Crippen LogP contribution in [-0.4, -0.2) is 17.5 Å². The first-order valence-electron chi connectivity index (χ1n) is 1.40. The van der Waals surface area contributed by atoms with Crippen LogP contribution in [0.15, 0.2) is 0 Å². The standard InChI is InChI=1S/H3O4P.H2O4S.Ti.V.Zn.Zr/c2*1-5(2,3)4;;;;/h(H3,1,2,3,4);(H2,1,2,3,4);;;;/q;;+4;;+2;+4/p-5. The molecule has 0 N–H and O–H groups in total. The molecule has 0 amide bonds. The van der Waals surface area contributed by atoms with Crippen molar-refractivity contribution in [1.29, 1.82) is 0 Å². The number of hydrogen-bond donors (Lipinski definition) is 0. The molecule has 1 radical (unpaired) electrons. The van der Waals surface area contributed by atoms with E-state index in [0.717, 1.165) is 0 Å². The van der Waals surface area contributed by atoms with Crippen molar-refractivity contribution in [3.05, 3.63) is 0 Å². The third kappa shape index (κ3) is 362. The van der Waals surface area contributed by atoms with Gasteiger partial charge in [0, 0.05) is 29.0 Å². The van der Waals surface area contributed by atoms with Gasteiger partial charge in [-0.15, -0.1) is 0 Å². The second kappa shape index (κ2) is 15.8. The van der Waals surface area contributed by atoms with Crippen molar-refractivity contribution < 1.29 is 123 Å². The summed E-state index contributed by atoms with van der Waals surface area (Å²) in [5, 5.41) is 0. The minimum absolute atomic E-state index is 0. The second-order valence-corrected chi connectivity index (χ2v) is 2.57. The summed E-state index contributed by atoms with van der Waals surface area (Å²) < 4.78 is 42.6. The van der Waals surface area contributed by atoms with Crippen molar-refractivity contribution in [3.8, 4) is 0 Å². The molecular formula is O8PSTiVZnZr+5. The molecule has 0 aromatic heterocycles. The SMILES string of the molecule is O=P([O-])([O-])[O-].O=S(=O)([O-])[O-].[Ti+4].[V].[Zn+2].[Zr+4]. The molecule has 0 spiro atoms. The van der Waals surface area contributed by atoms with E-state index in [9.17, 15) is 0 Å². The van der Waals surface area contributed by atoms with Crippen LogP contribution in [0.1, 0.15) is 0 Å². The fourth-order valence-electron chi connectivity index (χ4n) is 0. The molecule has 0 aliphatic heterocycles. The van der Waals surface area contributed by atoms with Crippen molar-refractivity contribution in [1.82, 2.24) is 0 Å². The van der Waals surface area contributed by atoms with Crippen LogP contribution in [0.2, 0.25) is 0 Å². The molecule has 0 saturated carbocycles. The summed E-state index contributed by atoms with van der Waals surface area (Å²) in [6, 6.07) is 0. The maximum Gasteiger partial charge on any atom is 4.00 e. The second-order valence-electron chi connectivity index (χ2n) is 0.855. The number of rotatable bonds is 0. The monoisotopic (exact) mass is 444 g/mol. The van der Waals surface area contributed by atoms with Gasteiger partial charge >= 0.3 is 67.4 Å². The van der Waals surface area contributed by atoms with Crippen LogP contribution in [0.25, 0.3) is 0 Å². The fraction of sp³-hybridized carbons (Fsp3) is 0. The van der Waals surface area contributed by atoms with Crippen LogP contribution < -0.4 is 14.7 Å². The molecule has 0 atom stereocenters. The predicted molar refractivity (Wildman–Crippen MR) is 18.1 cm³/mol. The number of phosphoric acid groups is 1. The van der Waals surface area contributed by atoms with Gasteiger partial charge in [-0.05, 0) is 0 Å². The van der Waals surface area contributed by atoms with E-state index in [0.29, 0.717) is 0 Å². The minimum Gasteiger partial charge on any atom is -0.822 e. The molecule has 0 aromatic carbocycles. The van der Waals surface area contributed by atoms with Gasteiger partial charge in [0.05, 0.1) is 0 Å². The first-order chi connectivity index (χ1) is 4.00. The zero-order chi connectivity index (χ0) is 9.00. The van der Waals surface area contributed by atoms with Crippen LogP contribution >= 0.6 is 7.82 Å². The van der Waals surface area contributed by atoms with Gasteiger partial charge in [0.15, 0.2) is 0 Å². The van der Waals surface area contributed by atoms with E-state index in [1.54, 1.807) is 0 Å². The van der Waals surface area contributed by atoms with Crippen LogP contribution in [0.5, 0.6) is 0 Å². The van der Waals surface area contributed by atoms with E-state index in [1.165, 1.54) is 0 Å².